The van der Waals surface area contributed by atoms with Crippen LogP contribution < -0.4 is 10.6 Å². The molecule has 2 unspecified atom stereocenters. The zero-order valence-electron chi connectivity index (χ0n) is 18.6. The van der Waals surface area contributed by atoms with Gasteiger partial charge < -0.3 is 10.6 Å². The van der Waals surface area contributed by atoms with Gasteiger partial charge in [0.25, 0.3) is 0 Å². The third-order valence-corrected chi connectivity index (χ3v) is 5.77. The summed E-state index contributed by atoms with van der Waals surface area (Å²) < 4.78 is 1.43. The number of hydrogen-bond acceptors (Lipinski definition) is 6. The van der Waals surface area contributed by atoms with E-state index in [1.807, 2.05) is 60.7 Å². The molecule has 0 aliphatic carbocycles. The Balaban J connectivity index is 1.46. The minimum absolute atomic E-state index is 0.150. The van der Waals surface area contributed by atoms with Crippen LogP contribution in [0.1, 0.15) is 35.6 Å². The summed E-state index contributed by atoms with van der Waals surface area (Å²) in [4.78, 5) is 17.6. The molecule has 0 bridgehead atoms. The fourth-order valence-corrected chi connectivity index (χ4v) is 3.78. The molecule has 0 spiro atoms. The molecule has 8 heteroatoms. The Morgan fingerprint density at radius 3 is 2.41 bits per heavy atom. The number of carbonyl (C=O) groups is 1. The molecule has 2 atom stereocenters. The van der Waals surface area contributed by atoms with Crippen molar-refractivity contribution in [3.8, 4) is 17.2 Å². The van der Waals surface area contributed by atoms with Gasteiger partial charge in [0, 0.05) is 30.1 Å². The predicted octanol–water partition coefficient (Wildman–Crippen LogP) is 4.58. The number of pyridine rings is 1. The van der Waals surface area contributed by atoms with E-state index in [4.69, 9.17) is 5.26 Å². The molecule has 2 heterocycles. The Morgan fingerprint density at radius 2 is 1.79 bits per heavy atom. The number of nitrogens with one attached hydrogen (secondary N) is 2. The summed E-state index contributed by atoms with van der Waals surface area (Å²) in [6, 6.07) is 22.4. The third kappa shape index (κ3) is 5.70. The van der Waals surface area contributed by atoms with Crippen molar-refractivity contribution >= 4 is 24.5 Å². The molecule has 0 radical (unpaired) electrons. The van der Waals surface area contributed by atoms with Gasteiger partial charge in [0.05, 0.1) is 17.8 Å². The second-order valence-electron chi connectivity index (χ2n) is 7.96. The lowest BCUT2D eigenvalue weighted by Gasteiger charge is -2.21. The van der Waals surface area contributed by atoms with Crippen LogP contribution in [0.5, 0.6) is 0 Å². The van der Waals surface area contributed by atoms with Crippen molar-refractivity contribution in [3.63, 3.8) is 0 Å². The number of benzene rings is 2. The van der Waals surface area contributed by atoms with Crippen molar-refractivity contribution in [2.45, 2.75) is 18.9 Å². The lowest BCUT2D eigenvalue weighted by molar-refractivity contribution is -0.118. The molecule has 0 saturated carbocycles. The standard InChI is InChI=1S/C26H24N6OS/c1-18(20-9-7-19(13-27)8-10-20)14-29-25(21-5-3-2-4-6-21)26(33)31-24-12-11-22(15-28-24)23-16-30-32(34)17-23/h2-12,15-18,25,29,34H,14H2,1H3,(H,28,31,33). The normalized spacial score (nSPS) is 12.5. The summed E-state index contributed by atoms with van der Waals surface area (Å²) in [5, 5.41) is 19.4. The van der Waals surface area contributed by atoms with Gasteiger partial charge in [-0.1, -0.05) is 49.4 Å². The predicted molar refractivity (Wildman–Crippen MR) is 135 cm³/mol. The minimum atomic E-state index is -0.550. The maximum atomic E-state index is 13.2. The number of rotatable bonds is 8. The first-order valence-corrected chi connectivity index (χ1v) is 11.2. The van der Waals surface area contributed by atoms with E-state index < -0.39 is 6.04 Å². The van der Waals surface area contributed by atoms with Crippen molar-refractivity contribution < 1.29 is 4.79 Å². The fraction of sp³-hybridized carbons (Fsp3) is 0.154. The van der Waals surface area contributed by atoms with Gasteiger partial charge in [0.1, 0.15) is 11.9 Å². The van der Waals surface area contributed by atoms with E-state index in [1.165, 1.54) is 4.09 Å². The van der Waals surface area contributed by atoms with Gasteiger partial charge in [-0.15, -0.1) is 0 Å². The molecule has 0 aliphatic heterocycles. The molecule has 4 rings (SSSR count). The van der Waals surface area contributed by atoms with Crippen LogP contribution in [0, 0.1) is 11.3 Å². The van der Waals surface area contributed by atoms with Crippen LogP contribution >= 0.6 is 12.8 Å². The molecule has 0 aliphatic rings. The zero-order chi connectivity index (χ0) is 23.9. The summed E-state index contributed by atoms with van der Waals surface area (Å²) >= 11 is 4.15. The van der Waals surface area contributed by atoms with Gasteiger partial charge in [0.2, 0.25) is 5.91 Å². The summed E-state index contributed by atoms with van der Waals surface area (Å²) in [6.07, 6.45) is 5.17. The Labute approximate surface area is 204 Å². The second-order valence-corrected chi connectivity index (χ2v) is 8.37. The highest BCUT2D eigenvalue weighted by atomic mass is 32.1. The second kappa shape index (κ2) is 10.8. The zero-order valence-corrected chi connectivity index (χ0v) is 19.5. The van der Waals surface area contributed by atoms with Crippen molar-refractivity contribution in [1.82, 2.24) is 19.5 Å². The molecule has 0 saturated heterocycles. The smallest absolute Gasteiger partial charge is 0.247 e. The number of thiol groups is 1. The first-order chi connectivity index (χ1) is 16.5. The molecule has 2 N–H and O–H groups in total. The Kier molecular flexibility index (Phi) is 7.38. The molecular weight excluding hydrogens is 444 g/mol. The van der Waals surface area contributed by atoms with E-state index in [0.29, 0.717) is 17.9 Å². The maximum absolute atomic E-state index is 13.2. The van der Waals surface area contributed by atoms with Gasteiger partial charge in [-0.3, -0.25) is 4.79 Å². The Bertz CT molecular complexity index is 1280. The Morgan fingerprint density at radius 1 is 1.03 bits per heavy atom. The van der Waals surface area contributed by atoms with Crippen molar-refractivity contribution in [3.05, 3.63) is 102 Å². The summed E-state index contributed by atoms with van der Waals surface area (Å²) in [5.74, 6) is 0.424. The topological polar surface area (TPSA) is 95.6 Å². The van der Waals surface area contributed by atoms with Gasteiger partial charge in [-0.25, -0.2) is 9.07 Å². The monoisotopic (exact) mass is 468 g/mol. The third-order valence-electron chi connectivity index (χ3n) is 5.55. The average molecular weight is 469 g/mol. The number of amides is 1. The summed E-state index contributed by atoms with van der Waals surface area (Å²) in [5.41, 5.74) is 4.36. The molecule has 170 valence electrons. The molecular formula is C26H24N6OS. The number of aromatic nitrogens is 3. The number of carbonyl (C=O) groups excluding carboxylic acids is 1. The van der Waals surface area contributed by atoms with E-state index >= 15 is 0 Å². The van der Waals surface area contributed by atoms with Crippen LogP contribution in [-0.4, -0.2) is 26.6 Å². The van der Waals surface area contributed by atoms with E-state index in [0.717, 1.165) is 22.3 Å². The molecule has 0 fully saturated rings. The van der Waals surface area contributed by atoms with Crippen molar-refractivity contribution in [2.75, 3.05) is 11.9 Å². The highest BCUT2D eigenvalue weighted by molar-refractivity contribution is 7.78. The fourth-order valence-electron chi connectivity index (χ4n) is 3.60. The minimum Gasteiger partial charge on any atom is -0.309 e. The maximum Gasteiger partial charge on any atom is 0.247 e. The van der Waals surface area contributed by atoms with E-state index in [2.05, 4.69) is 46.5 Å². The van der Waals surface area contributed by atoms with Crippen LogP contribution in [0.15, 0.2) is 85.3 Å². The first kappa shape index (κ1) is 23.2. The van der Waals surface area contributed by atoms with E-state index in [1.54, 1.807) is 24.7 Å². The Hall–Kier alpha value is -3.93. The summed E-state index contributed by atoms with van der Waals surface area (Å²) in [7, 11) is 0. The first-order valence-electron chi connectivity index (χ1n) is 10.8. The van der Waals surface area contributed by atoms with Crippen molar-refractivity contribution in [1.29, 1.82) is 5.26 Å². The van der Waals surface area contributed by atoms with Crippen molar-refractivity contribution in [2.24, 2.45) is 0 Å². The van der Waals surface area contributed by atoms with Crippen LogP contribution in [-0.2, 0) is 4.79 Å². The number of nitrogens with zero attached hydrogens (tertiary/aromatic N) is 4. The van der Waals surface area contributed by atoms with Crippen LogP contribution in [0.2, 0.25) is 0 Å². The molecule has 4 aromatic rings. The van der Waals surface area contributed by atoms with Crippen LogP contribution in [0.3, 0.4) is 0 Å². The summed E-state index contributed by atoms with van der Waals surface area (Å²) in [6.45, 7) is 2.67. The van der Waals surface area contributed by atoms with Gasteiger partial charge in [0.15, 0.2) is 0 Å². The SMILES string of the molecule is CC(CNC(C(=O)Nc1ccc(-c2cnn(S)c2)cn1)c1ccccc1)c1ccc(C#N)cc1. The van der Waals surface area contributed by atoms with E-state index in [-0.39, 0.29) is 11.8 Å². The highest BCUT2D eigenvalue weighted by Gasteiger charge is 2.21. The molecule has 2 aromatic heterocycles. The lowest BCUT2D eigenvalue weighted by atomic mass is 9.98. The van der Waals surface area contributed by atoms with Crippen LogP contribution in [0.25, 0.3) is 11.1 Å². The molecule has 1 amide bonds. The average Bonchev–Trinajstić information content (AvgIpc) is 3.31. The van der Waals surface area contributed by atoms with Crippen LogP contribution in [0.4, 0.5) is 5.82 Å². The van der Waals surface area contributed by atoms with E-state index in [9.17, 15) is 4.79 Å². The quantitative estimate of drug-likeness (QED) is 0.329. The molecule has 7 nitrogen and oxygen atoms in total. The highest BCUT2D eigenvalue weighted by Crippen LogP contribution is 2.22. The number of anilines is 1. The largest absolute Gasteiger partial charge is 0.309 e. The van der Waals surface area contributed by atoms with Gasteiger partial charge in [-0.2, -0.15) is 10.4 Å². The van der Waals surface area contributed by atoms with Gasteiger partial charge >= 0.3 is 0 Å². The molecule has 2 aromatic carbocycles. The lowest BCUT2D eigenvalue weighted by Crippen LogP contribution is -2.35. The molecule has 34 heavy (non-hydrogen) atoms. The number of hydrogen-bond donors (Lipinski definition) is 3. The van der Waals surface area contributed by atoms with Gasteiger partial charge in [-0.05, 0) is 54.1 Å². The number of nitriles is 1.